The highest BCUT2D eigenvalue weighted by Gasteiger charge is 2.32. The summed E-state index contributed by atoms with van der Waals surface area (Å²) < 4.78 is 1.73. The Labute approximate surface area is 157 Å². The van der Waals surface area contributed by atoms with Crippen molar-refractivity contribution >= 4 is 5.91 Å². The van der Waals surface area contributed by atoms with Gasteiger partial charge in [0, 0.05) is 26.2 Å². The van der Waals surface area contributed by atoms with Gasteiger partial charge in [-0.25, -0.2) is 4.68 Å². The average Bonchev–Trinajstić information content (AvgIpc) is 3.04. The first-order valence-electron chi connectivity index (χ1n) is 9.10. The van der Waals surface area contributed by atoms with Crippen molar-refractivity contribution in [1.82, 2.24) is 25.2 Å². The molecule has 1 aromatic rings. The third kappa shape index (κ3) is 5.66. The monoisotopic (exact) mass is 371 g/mol. The summed E-state index contributed by atoms with van der Waals surface area (Å²) in [5.74, 6) is 0.834. The zero-order chi connectivity index (χ0) is 17.7. The molecular formula is C17H32ClN6O-. The highest BCUT2D eigenvalue weighted by molar-refractivity contribution is 5.80. The van der Waals surface area contributed by atoms with E-state index in [4.69, 9.17) is 5.73 Å². The van der Waals surface area contributed by atoms with Gasteiger partial charge in [0.2, 0.25) is 5.91 Å². The minimum Gasteiger partial charge on any atom is -1.00 e. The molecule has 3 unspecified atom stereocenters. The third-order valence-corrected chi connectivity index (χ3v) is 4.78. The standard InChI is InChI=1S/C17H32N6O.ClH/c1-5-13(4)16(17(24)22-8-6-19-7-9-22)23-11-15(20-21-23)14(18)10-12(2)3;/h11-14,16,19H,5-10,18H2,1-4H3;1H/p-1. The molecule has 1 aliphatic rings. The van der Waals surface area contributed by atoms with Gasteiger partial charge in [-0.2, -0.15) is 0 Å². The number of nitrogens with two attached hydrogens (primary N) is 1. The second-order valence-corrected chi connectivity index (χ2v) is 7.27. The predicted octanol–water partition coefficient (Wildman–Crippen LogP) is -1.65. The summed E-state index contributed by atoms with van der Waals surface area (Å²) in [5.41, 5.74) is 6.99. The minimum atomic E-state index is -0.305. The van der Waals surface area contributed by atoms with Crippen molar-refractivity contribution in [2.45, 2.75) is 52.6 Å². The summed E-state index contributed by atoms with van der Waals surface area (Å²) in [6, 6.07) is -0.439. The molecule has 2 rings (SSSR count). The molecule has 0 saturated carbocycles. The molecule has 0 radical (unpaired) electrons. The van der Waals surface area contributed by atoms with Gasteiger partial charge in [-0.1, -0.05) is 39.3 Å². The van der Waals surface area contributed by atoms with Gasteiger partial charge in [-0.3, -0.25) is 4.79 Å². The second-order valence-electron chi connectivity index (χ2n) is 7.27. The van der Waals surface area contributed by atoms with Gasteiger partial charge >= 0.3 is 0 Å². The van der Waals surface area contributed by atoms with Gasteiger partial charge in [0.1, 0.15) is 6.04 Å². The van der Waals surface area contributed by atoms with Crippen molar-refractivity contribution in [2.24, 2.45) is 17.6 Å². The van der Waals surface area contributed by atoms with Crippen molar-refractivity contribution in [2.75, 3.05) is 26.2 Å². The van der Waals surface area contributed by atoms with E-state index in [1.807, 2.05) is 11.1 Å². The molecule has 25 heavy (non-hydrogen) atoms. The number of hydrogen-bond acceptors (Lipinski definition) is 5. The van der Waals surface area contributed by atoms with Crippen LogP contribution in [0.3, 0.4) is 0 Å². The first-order valence-corrected chi connectivity index (χ1v) is 9.10. The Bertz CT molecular complexity index is 529. The molecule has 0 aromatic carbocycles. The van der Waals surface area contributed by atoms with Crippen molar-refractivity contribution in [1.29, 1.82) is 0 Å². The summed E-state index contributed by atoms with van der Waals surface area (Å²) in [5, 5.41) is 11.8. The molecule has 144 valence electrons. The summed E-state index contributed by atoms with van der Waals surface area (Å²) in [7, 11) is 0. The van der Waals surface area contributed by atoms with E-state index in [1.165, 1.54) is 0 Å². The molecule has 0 bridgehead atoms. The van der Waals surface area contributed by atoms with Crippen LogP contribution in [0.1, 0.15) is 58.3 Å². The number of aromatic nitrogens is 3. The number of piperazine rings is 1. The molecule has 1 saturated heterocycles. The molecule has 3 N–H and O–H groups in total. The van der Waals surface area contributed by atoms with Crippen LogP contribution in [0.4, 0.5) is 0 Å². The fourth-order valence-electron chi connectivity index (χ4n) is 3.14. The minimum absolute atomic E-state index is 0. The molecule has 2 heterocycles. The van der Waals surface area contributed by atoms with E-state index in [9.17, 15) is 4.79 Å². The quantitative estimate of drug-likeness (QED) is 0.599. The SMILES string of the molecule is CCC(C)C(C(=O)N1CCNCC1)n1cc(C(N)CC(C)C)nn1.[Cl-]. The number of halogens is 1. The van der Waals surface area contributed by atoms with Gasteiger partial charge in [-0.05, 0) is 18.3 Å². The Kier molecular flexibility index (Phi) is 8.82. The molecule has 7 nitrogen and oxygen atoms in total. The normalized spacial score (nSPS) is 18.6. The molecule has 1 aromatic heterocycles. The van der Waals surface area contributed by atoms with Crippen molar-refractivity contribution in [3.05, 3.63) is 11.9 Å². The topological polar surface area (TPSA) is 89.1 Å². The maximum atomic E-state index is 13.0. The number of hydrogen-bond donors (Lipinski definition) is 2. The van der Waals surface area contributed by atoms with E-state index in [-0.39, 0.29) is 36.3 Å². The van der Waals surface area contributed by atoms with Crippen molar-refractivity contribution in [3.8, 4) is 0 Å². The van der Waals surface area contributed by atoms with Crippen LogP contribution < -0.4 is 23.5 Å². The van der Waals surface area contributed by atoms with E-state index in [0.29, 0.717) is 5.92 Å². The van der Waals surface area contributed by atoms with Gasteiger partial charge < -0.3 is 28.4 Å². The Morgan fingerprint density at radius 1 is 1.32 bits per heavy atom. The van der Waals surface area contributed by atoms with E-state index >= 15 is 0 Å². The van der Waals surface area contributed by atoms with Gasteiger partial charge in [-0.15, -0.1) is 5.10 Å². The Hall–Kier alpha value is -1.18. The van der Waals surface area contributed by atoms with E-state index in [2.05, 4.69) is 43.3 Å². The molecule has 1 aliphatic heterocycles. The lowest BCUT2D eigenvalue weighted by Gasteiger charge is -2.32. The van der Waals surface area contributed by atoms with E-state index < -0.39 is 0 Å². The number of carbonyl (C=O) groups is 1. The fourth-order valence-corrected chi connectivity index (χ4v) is 3.14. The number of rotatable bonds is 7. The molecule has 0 aliphatic carbocycles. The maximum absolute atomic E-state index is 13.0. The summed E-state index contributed by atoms with van der Waals surface area (Å²) in [6.07, 6.45) is 3.64. The number of amides is 1. The highest BCUT2D eigenvalue weighted by Crippen LogP contribution is 2.25. The third-order valence-electron chi connectivity index (χ3n) is 4.78. The average molecular weight is 372 g/mol. The van der Waals surface area contributed by atoms with Gasteiger partial charge in [0.25, 0.3) is 0 Å². The molecular weight excluding hydrogens is 340 g/mol. The van der Waals surface area contributed by atoms with Crippen LogP contribution in [0.2, 0.25) is 0 Å². The fraction of sp³-hybridized carbons (Fsp3) is 0.824. The summed E-state index contributed by atoms with van der Waals surface area (Å²) in [4.78, 5) is 15.0. The van der Waals surface area contributed by atoms with Crippen LogP contribution in [0, 0.1) is 11.8 Å². The summed E-state index contributed by atoms with van der Waals surface area (Å²) >= 11 is 0. The smallest absolute Gasteiger partial charge is 0.247 e. The molecule has 8 heteroatoms. The molecule has 1 amide bonds. The van der Waals surface area contributed by atoms with Gasteiger partial charge in [0.05, 0.1) is 17.9 Å². The van der Waals surface area contributed by atoms with Crippen LogP contribution in [0.15, 0.2) is 6.20 Å². The van der Waals surface area contributed by atoms with Crippen LogP contribution in [0.5, 0.6) is 0 Å². The lowest BCUT2D eigenvalue weighted by molar-refractivity contribution is -0.137. The number of nitrogens with one attached hydrogen (secondary N) is 1. The van der Waals surface area contributed by atoms with Crippen LogP contribution >= 0.6 is 0 Å². The Morgan fingerprint density at radius 2 is 1.96 bits per heavy atom. The highest BCUT2D eigenvalue weighted by atomic mass is 35.5. The molecule has 0 spiro atoms. The van der Waals surface area contributed by atoms with Crippen LogP contribution in [-0.2, 0) is 4.79 Å². The van der Waals surface area contributed by atoms with Crippen LogP contribution in [0.25, 0.3) is 0 Å². The van der Waals surface area contributed by atoms with Crippen molar-refractivity contribution in [3.63, 3.8) is 0 Å². The lowest BCUT2D eigenvalue weighted by atomic mass is 9.97. The van der Waals surface area contributed by atoms with E-state index in [1.54, 1.807) is 4.68 Å². The molecule has 1 fully saturated rings. The molecule has 3 atom stereocenters. The van der Waals surface area contributed by atoms with E-state index in [0.717, 1.165) is 44.7 Å². The predicted molar refractivity (Wildman–Crippen MR) is 94.3 cm³/mol. The second kappa shape index (κ2) is 10.1. The number of nitrogens with zero attached hydrogens (tertiary/aromatic N) is 4. The zero-order valence-electron chi connectivity index (χ0n) is 15.8. The first kappa shape index (κ1) is 21.9. The zero-order valence-corrected chi connectivity index (χ0v) is 16.5. The first-order chi connectivity index (χ1) is 11.4. The lowest BCUT2D eigenvalue weighted by Crippen LogP contribution is -3.00. The van der Waals surface area contributed by atoms with Crippen molar-refractivity contribution < 1.29 is 17.2 Å². The van der Waals surface area contributed by atoms with Crippen LogP contribution in [-0.4, -0.2) is 52.0 Å². The Balaban J connectivity index is 0.00000312. The Morgan fingerprint density at radius 3 is 2.52 bits per heavy atom. The number of carbonyl (C=O) groups excluding carboxylic acids is 1. The largest absolute Gasteiger partial charge is 1.00 e. The van der Waals surface area contributed by atoms with Gasteiger partial charge in [0.15, 0.2) is 0 Å². The summed E-state index contributed by atoms with van der Waals surface area (Å²) in [6.45, 7) is 11.7. The maximum Gasteiger partial charge on any atom is 0.247 e.